The van der Waals surface area contributed by atoms with Gasteiger partial charge in [0, 0.05) is 6.54 Å². The van der Waals surface area contributed by atoms with Gasteiger partial charge in [-0.1, -0.05) is 0 Å². The fourth-order valence-corrected chi connectivity index (χ4v) is 1.83. The van der Waals surface area contributed by atoms with E-state index in [9.17, 15) is 9.59 Å². The van der Waals surface area contributed by atoms with E-state index in [1.807, 2.05) is 0 Å². The summed E-state index contributed by atoms with van der Waals surface area (Å²) < 4.78 is 0. The number of nitrogens with two attached hydrogens (primary N) is 1. The first-order valence-corrected chi connectivity index (χ1v) is 5.29. The zero-order chi connectivity index (χ0) is 11.1. The van der Waals surface area contributed by atoms with Gasteiger partial charge in [0.2, 0.25) is 5.91 Å². The molecule has 2 aliphatic carbocycles. The molecule has 0 aromatic heterocycles. The number of aliphatic carboxylic acids is 1. The number of carbonyl (C=O) groups is 2. The standard InChI is InChI=1S/C10H16N2O3/c11-10(2-1-3-10)7(13)12-6-9(4-5-9)8(14)15/h1-6,11H2,(H,12,13)(H,14,15). The van der Waals surface area contributed by atoms with Crippen molar-refractivity contribution in [3.05, 3.63) is 0 Å². The van der Waals surface area contributed by atoms with Gasteiger partial charge in [0.15, 0.2) is 0 Å². The molecule has 15 heavy (non-hydrogen) atoms. The SMILES string of the molecule is NC1(C(=O)NCC2(C(=O)O)CC2)CCC1. The summed E-state index contributed by atoms with van der Waals surface area (Å²) in [5.74, 6) is -1.01. The summed E-state index contributed by atoms with van der Waals surface area (Å²) in [6.45, 7) is 0.222. The molecular formula is C10H16N2O3. The third-order valence-electron chi connectivity index (χ3n) is 3.59. The molecule has 5 heteroatoms. The molecule has 1 amide bonds. The highest BCUT2D eigenvalue weighted by Gasteiger charge is 2.51. The van der Waals surface area contributed by atoms with Crippen molar-refractivity contribution < 1.29 is 14.7 Å². The van der Waals surface area contributed by atoms with Crippen molar-refractivity contribution in [2.24, 2.45) is 11.1 Å². The molecule has 0 aromatic carbocycles. The van der Waals surface area contributed by atoms with Gasteiger partial charge in [-0.25, -0.2) is 0 Å². The smallest absolute Gasteiger partial charge is 0.311 e. The molecule has 0 aromatic rings. The maximum atomic E-state index is 11.6. The summed E-state index contributed by atoms with van der Waals surface area (Å²) in [7, 11) is 0. The first kappa shape index (κ1) is 10.4. The van der Waals surface area contributed by atoms with Crippen LogP contribution < -0.4 is 11.1 Å². The van der Waals surface area contributed by atoms with Crippen molar-refractivity contribution >= 4 is 11.9 Å². The van der Waals surface area contributed by atoms with E-state index < -0.39 is 16.9 Å². The van der Waals surface area contributed by atoms with Gasteiger partial charge in [-0.05, 0) is 32.1 Å². The lowest BCUT2D eigenvalue weighted by Crippen LogP contribution is -2.59. The predicted octanol–water partition coefficient (Wildman–Crippen LogP) is -0.151. The second-order valence-electron chi connectivity index (χ2n) is 4.78. The summed E-state index contributed by atoms with van der Waals surface area (Å²) in [5.41, 5.74) is 4.39. The number of carbonyl (C=O) groups excluding carboxylic acids is 1. The molecule has 0 atom stereocenters. The van der Waals surface area contributed by atoms with Crippen LogP contribution in [0.4, 0.5) is 0 Å². The van der Waals surface area contributed by atoms with Crippen LogP contribution in [0.25, 0.3) is 0 Å². The molecule has 0 heterocycles. The Hall–Kier alpha value is -1.10. The number of amides is 1. The molecule has 84 valence electrons. The molecule has 2 rings (SSSR count). The Morgan fingerprint density at radius 3 is 2.20 bits per heavy atom. The lowest BCUT2D eigenvalue weighted by molar-refractivity contribution is -0.143. The maximum Gasteiger partial charge on any atom is 0.311 e. The van der Waals surface area contributed by atoms with Crippen LogP contribution in [-0.2, 0) is 9.59 Å². The fourth-order valence-electron chi connectivity index (χ4n) is 1.83. The quantitative estimate of drug-likeness (QED) is 0.604. The van der Waals surface area contributed by atoms with Crippen LogP contribution in [0.1, 0.15) is 32.1 Å². The fraction of sp³-hybridized carbons (Fsp3) is 0.800. The summed E-state index contributed by atoms with van der Waals surface area (Å²) in [5, 5.41) is 11.6. The number of carboxylic acid groups (broad SMARTS) is 1. The molecule has 0 radical (unpaired) electrons. The number of hydrogen-bond donors (Lipinski definition) is 3. The minimum atomic E-state index is -0.817. The van der Waals surface area contributed by atoms with Crippen molar-refractivity contribution in [1.82, 2.24) is 5.32 Å². The third-order valence-corrected chi connectivity index (χ3v) is 3.59. The summed E-state index contributed by atoms with van der Waals surface area (Å²) in [6.07, 6.45) is 3.70. The molecule has 2 saturated carbocycles. The summed E-state index contributed by atoms with van der Waals surface area (Å²) >= 11 is 0. The Morgan fingerprint density at radius 2 is 1.87 bits per heavy atom. The number of rotatable bonds is 4. The first-order chi connectivity index (χ1) is 6.99. The maximum absolute atomic E-state index is 11.6. The van der Waals surface area contributed by atoms with Gasteiger partial charge in [0.1, 0.15) is 0 Å². The van der Waals surface area contributed by atoms with Gasteiger partial charge in [-0.15, -0.1) is 0 Å². The van der Waals surface area contributed by atoms with Gasteiger partial charge in [-0.2, -0.15) is 0 Å². The van der Waals surface area contributed by atoms with Crippen molar-refractivity contribution in [3.8, 4) is 0 Å². The second-order valence-corrected chi connectivity index (χ2v) is 4.78. The normalized spacial score (nSPS) is 25.1. The van der Waals surface area contributed by atoms with Crippen LogP contribution >= 0.6 is 0 Å². The number of carboxylic acids is 1. The van der Waals surface area contributed by atoms with Crippen molar-refractivity contribution in [2.75, 3.05) is 6.54 Å². The van der Waals surface area contributed by atoms with Crippen LogP contribution in [0, 0.1) is 5.41 Å². The second kappa shape index (κ2) is 3.20. The molecule has 4 N–H and O–H groups in total. The van der Waals surface area contributed by atoms with E-state index in [1.165, 1.54) is 0 Å². The zero-order valence-electron chi connectivity index (χ0n) is 8.58. The van der Waals surface area contributed by atoms with E-state index in [4.69, 9.17) is 10.8 Å². The van der Waals surface area contributed by atoms with Gasteiger partial charge in [0.05, 0.1) is 11.0 Å². The molecule has 2 aliphatic rings. The molecule has 5 nitrogen and oxygen atoms in total. The first-order valence-electron chi connectivity index (χ1n) is 5.29. The Bertz CT molecular complexity index is 306. The average Bonchev–Trinajstić information content (AvgIpc) is 2.91. The van der Waals surface area contributed by atoms with Crippen LogP contribution in [0.15, 0.2) is 0 Å². The van der Waals surface area contributed by atoms with Gasteiger partial charge in [0.25, 0.3) is 0 Å². The van der Waals surface area contributed by atoms with E-state index in [0.29, 0.717) is 25.7 Å². The van der Waals surface area contributed by atoms with Crippen LogP contribution in [0.5, 0.6) is 0 Å². The largest absolute Gasteiger partial charge is 0.481 e. The molecule has 0 saturated heterocycles. The van der Waals surface area contributed by atoms with Gasteiger partial charge >= 0.3 is 5.97 Å². The number of nitrogens with one attached hydrogen (secondary N) is 1. The Balaban J connectivity index is 1.83. The zero-order valence-corrected chi connectivity index (χ0v) is 8.58. The molecule has 0 spiro atoms. The lowest BCUT2D eigenvalue weighted by Gasteiger charge is -2.36. The molecular weight excluding hydrogens is 196 g/mol. The van der Waals surface area contributed by atoms with Gasteiger partial charge in [-0.3, -0.25) is 9.59 Å². The van der Waals surface area contributed by atoms with Crippen molar-refractivity contribution in [2.45, 2.75) is 37.6 Å². The lowest BCUT2D eigenvalue weighted by atomic mass is 9.77. The van der Waals surface area contributed by atoms with Gasteiger partial charge < -0.3 is 16.2 Å². The Morgan fingerprint density at radius 1 is 1.27 bits per heavy atom. The van der Waals surface area contributed by atoms with Crippen LogP contribution in [0.3, 0.4) is 0 Å². The Kier molecular flexibility index (Phi) is 2.22. The van der Waals surface area contributed by atoms with E-state index in [2.05, 4.69) is 5.32 Å². The minimum Gasteiger partial charge on any atom is -0.481 e. The number of hydrogen-bond acceptors (Lipinski definition) is 3. The topological polar surface area (TPSA) is 92.4 Å². The van der Waals surface area contributed by atoms with E-state index >= 15 is 0 Å². The highest BCUT2D eigenvalue weighted by molar-refractivity contribution is 5.88. The monoisotopic (exact) mass is 212 g/mol. The van der Waals surface area contributed by atoms with Crippen molar-refractivity contribution in [3.63, 3.8) is 0 Å². The van der Waals surface area contributed by atoms with Crippen LogP contribution in [-0.4, -0.2) is 29.1 Å². The molecule has 0 bridgehead atoms. The third kappa shape index (κ3) is 1.71. The van der Waals surface area contributed by atoms with E-state index in [1.54, 1.807) is 0 Å². The average molecular weight is 212 g/mol. The highest BCUT2D eigenvalue weighted by atomic mass is 16.4. The highest BCUT2D eigenvalue weighted by Crippen LogP contribution is 2.45. The van der Waals surface area contributed by atoms with E-state index in [-0.39, 0.29) is 12.5 Å². The van der Waals surface area contributed by atoms with Crippen LogP contribution in [0.2, 0.25) is 0 Å². The molecule has 0 aliphatic heterocycles. The summed E-state index contributed by atoms with van der Waals surface area (Å²) in [4.78, 5) is 22.5. The molecule has 0 unspecified atom stereocenters. The van der Waals surface area contributed by atoms with Crippen molar-refractivity contribution in [1.29, 1.82) is 0 Å². The predicted molar refractivity (Wildman–Crippen MR) is 53.1 cm³/mol. The Labute approximate surface area is 88.0 Å². The minimum absolute atomic E-state index is 0.193. The summed E-state index contributed by atoms with van der Waals surface area (Å²) in [6, 6.07) is 0. The van der Waals surface area contributed by atoms with E-state index in [0.717, 1.165) is 6.42 Å². The molecule has 2 fully saturated rings.